The maximum absolute atomic E-state index is 5.77. The number of benzene rings is 1. The summed E-state index contributed by atoms with van der Waals surface area (Å²) in [5.41, 5.74) is 1.36. The third-order valence-corrected chi connectivity index (χ3v) is 4.28. The molecular weight excluding hydrogens is 302 g/mol. The molecule has 1 heterocycles. The standard InChI is InChI=1S/C16H24BrNO/c1-2-16(13-6-5-7-14(17)12-13)18-10-9-15-8-3-4-11-19-15/h5-7,12,15-16,18H,2-4,8-11H2,1H3. The Kier molecular flexibility index (Phi) is 6.35. The van der Waals surface area contributed by atoms with Crippen molar-refractivity contribution >= 4 is 15.9 Å². The number of rotatable bonds is 6. The molecular formula is C16H24BrNO. The fourth-order valence-electron chi connectivity index (χ4n) is 2.67. The molecule has 19 heavy (non-hydrogen) atoms. The van der Waals surface area contributed by atoms with Gasteiger partial charge in [0.15, 0.2) is 0 Å². The Labute approximate surface area is 125 Å². The summed E-state index contributed by atoms with van der Waals surface area (Å²) in [5, 5.41) is 3.66. The molecule has 1 aromatic rings. The van der Waals surface area contributed by atoms with E-state index < -0.39 is 0 Å². The summed E-state index contributed by atoms with van der Waals surface area (Å²) < 4.78 is 6.92. The average molecular weight is 326 g/mol. The maximum atomic E-state index is 5.77. The van der Waals surface area contributed by atoms with Crippen molar-refractivity contribution in [2.75, 3.05) is 13.2 Å². The molecule has 106 valence electrons. The highest BCUT2D eigenvalue weighted by atomic mass is 79.9. The van der Waals surface area contributed by atoms with Crippen molar-refractivity contribution in [3.8, 4) is 0 Å². The van der Waals surface area contributed by atoms with Crippen LogP contribution in [0.25, 0.3) is 0 Å². The highest BCUT2D eigenvalue weighted by Crippen LogP contribution is 2.21. The highest BCUT2D eigenvalue weighted by molar-refractivity contribution is 9.10. The second kappa shape index (κ2) is 8.03. The van der Waals surface area contributed by atoms with E-state index in [-0.39, 0.29) is 0 Å². The topological polar surface area (TPSA) is 21.3 Å². The van der Waals surface area contributed by atoms with Crippen LogP contribution >= 0.6 is 15.9 Å². The van der Waals surface area contributed by atoms with E-state index >= 15 is 0 Å². The third kappa shape index (κ3) is 4.90. The summed E-state index contributed by atoms with van der Waals surface area (Å²) in [7, 11) is 0. The van der Waals surface area contributed by atoms with Crippen LogP contribution in [0.5, 0.6) is 0 Å². The van der Waals surface area contributed by atoms with E-state index in [4.69, 9.17) is 4.74 Å². The van der Waals surface area contributed by atoms with Crippen LogP contribution in [0.4, 0.5) is 0 Å². The first-order chi connectivity index (χ1) is 9.29. The summed E-state index contributed by atoms with van der Waals surface area (Å²) in [5.74, 6) is 0. The first-order valence-corrected chi connectivity index (χ1v) is 8.19. The largest absolute Gasteiger partial charge is 0.378 e. The zero-order chi connectivity index (χ0) is 13.5. The van der Waals surface area contributed by atoms with Gasteiger partial charge in [-0.15, -0.1) is 0 Å². The molecule has 1 saturated heterocycles. The summed E-state index contributed by atoms with van der Waals surface area (Å²) in [6.45, 7) is 4.22. The molecule has 1 aliphatic heterocycles. The van der Waals surface area contributed by atoms with Gasteiger partial charge in [-0.2, -0.15) is 0 Å². The van der Waals surface area contributed by atoms with Gasteiger partial charge in [-0.3, -0.25) is 0 Å². The number of halogens is 1. The Morgan fingerprint density at radius 3 is 3.00 bits per heavy atom. The molecule has 1 N–H and O–H groups in total. The summed E-state index contributed by atoms with van der Waals surface area (Å²) in [4.78, 5) is 0. The van der Waals surface area contributed by atoms with Gasteiger partial charge < -0.3 is 10.1 Å². The summed E-state index contributed by atoms with van der Waals surface area (Å²) >= 11 is 3.54. The van der Waals surface area contributed by atoms with Crippen molar-refractivity contribution in [3.05, 3.63) is 34.3 Å². The molecule has 0 saturated carbocycles. The number of ether oxygens (including phenoxy) is 1. The predicted molar refractivity (Wildman–Crippen MR) is 83.4 cm³/mol. The fraction of sp³-hybridized carbons (Fsp3) is 0.625. The van der Waals surface area contributed by atoms with E-state index in [0.717, 1.165) is 30.5 Å². The molecule has 2 nitrogen and oxygen atoms in total. The van der Waals surface area contributed by atoms with E-state index in [9.17, 15) is 0 Å². The lowest BCUT2D eigenvalue weighted by atomic mass is 10.0. The van der Waals surface area contributed by atoms with Crippen molar-refractivity contribution in [1.29, 1.82) is 0 Å². The smallest absolute Gasteiger partial charge is 0.0587 e. The fourth-order valence-corrected chi connectivity index (χ4v) is 3.09. The van der Waals surface area contributed by atoms with Crippen molar-refractivity contribution in [1.82, 2.24) is 5.32 Å². The van der Waals surface area contributed by atoms with E-state index in [1.807, 2.05) is 0 Å². The molecule has 0 amide bonds. The number of hydrogen-bond donors (Lipinski definition) is 1. The van der Waals surface area contributed by atoms with Crippen molar-refractivity contribution in [2.45, 2.75) is 51.2 Å². The van der Waals surface area contributed by atoms with Gasteiger partial charge in [0.2, 0.25) is 0 Å². The molecule has 2 rings (SSSR count). The lowest BCUT2D eigenvalue weighted by molar-refractivity contribution is 0.0112. The third-order valence-electron chi connectivity index (χ3n) is 3.79. The lowest BCUT2D eigenvalue weighted by Crippen LogP contribution is -2.27. The van der Waals surface area contributed by atoms with E-state index in [2.05, 4.69) is 52.4 Å². The lowest BCUT2D eigenvalue weighted by Gasteiger charge is -2.24. The predicted octanol–water partition coefficient (Wildman–Crippen LogP) is 4.45. The Balaban J connectivity index is 1.79. The van der Waals surface area contributed by atoms with Gasteiger partial charge in [-0.05, 0) is 56.3 Å². The number of hydrogen-bond acceptors (Lipinski definition) is 2. The first kappa shape index (κ1) is 15.0. The minimum absolute atomic E-state index is 0.445. The van der Waals surface area contributed by atoms with E-state index in [0.29, 0.717) is 12.1 Å². The van der Waals surface area contributed by atoms with Crippen LogP contribution in [-0.2, 0) is 4.74 Å². The van der Waals surface area contributed by atoms with Crippen LogP contribution in [0.15, 0.2) is 28.7 Å². The van der Waals surface area contributed by atoms with Crippen LogP contribution in [0, 0.1) is 0 Å². The minimum atomic E-state index is 0.445. The Morgan fingerprint density at radius 2 is 2.32 bits per heavy atom. The van der Waals surface area contributed by atoms with Crippen molar-refractivity contribution in [3.63, 3.8) is 0 Å². The first-order valence-electron chi connectivity index (χ1n) is 7.40. The van der Waals surface area contributed by atoms with Crippen LogP contribution in [0.2, 0.25) is 0 Å². The van der Waals surface area contributed by atoms with Crippen molar-refractivity contribution in [2.24, 2.45) is 0 Å². The Bertz CT molecular complexity index is 377. The van der Waals surface area contributed by atoms with E-state index in [1.165, 1.54) is 24.8 Å². The molecule has 0 aromatic heterocycles. The molecule has 1 fully saturated rings. The molecule has 2 unspecified atom stereocenters. The second-order valence-electron chi connectivity index (χ2n) is 5.25. The molecule has 0 bridgehead atoms. The van der Waals surface area contributed by atoms with Gasteiger partial charge >= 0.3 is 0 Å². The average Bonchev–Trinajstić information content (AvgIpc) is 2.45. The van der Waals surface area contributed by atoms with Crippen LogP contribution in [0.1, 0.15) is 50.6 Å². The van der Waals surface area contributed by atoms with Crippen LogP contribution < -0.4 is 5.32 Å². The molecule has 3 heteroatoms. The number of nitrogens with one attached hydrogen (secondary N) is 1. The molecule has 0 radical (unpaired) electrons. The van der Waals surface area contributed by atoms with Gasteiger partial charge in [0.1, 0.15) is 0 Å². The molecule has 1 aromatic carbocycles. The van der Waals surface area contributed by atoms with Gasteiger partial charge in [-0.25, -0.2) is 0 Å². The zero-order valence-corrected chi connectivity index (χ0v) is 13.3. The minimum Gasteiger partial charge on any atom is -0.378 e. The SMILES string of the molecule is CCC(NCCC1CCCCO1)c1cccc(Br)c1. The Morgan fingerprint density at radius 1 is 1.42 bits per heavy atom. The van der Waals surface area contributed by atoms with E-state index in [1.54, 1.807) is 0 Å². The summed E-state index contributed by atoms with van der Waals surface area (Å²) in [6.07, 6.45) is 6.51. The van der Waals surface area contributed by atoms with Gasteiger partial charge in [0.05, 0.1) is 6.10 Å². The quantitative estimate of drug-likeness (QED) is 0.834. The second-order valence-corrected chi connectivity index (χ2v) is 6.16. The molecule has 2 atom stereocenters. The Hall–Kier alpha value is -0.380. The summed E-state index contributed by atoms with van der Waals surface area (Å²) in [6, 6.07) is 9.03. The van der Waals surface area contributed by atoms with Crippen LogP contribution in [0.3, 0.4) is 0 Å². The molecule has 0 spiro atoms. The van der Waals surface area contributed by atoms with Gasteiger partial charge in [0, 0.05) is 17.1 Å². The normalized spacial score (nSPS) is 21.3. The molecule has 1 aliphatic rings. The maximum Gasteiger partial charge on any atom is 0.0587 e. The monoisotopic (exact) mass is 325 g/mol. The zero-order valence-electron chi connectivity index (χ0n) is 11.7. The van der Waals surface area contributed by atoms with Crippen LogP contribution in [-0.4, -0.2) is 19.3 Å². The van der Waals surface area contributed by atoms with Crippen molar-refractivity contribution < 1.29 is 4.74 Å². The molecule has 0 aliphatic carbocycles. The van der Waals surface area contributed by atoms with Gasteiger partial charge in [0.25, 0.3) is 0 Å². The highest BCUT2D eigenvalue weighted by Gasteiger charge is 2.14. The van der Waals surface area contributed by atoms with Gasteiger partial charge in [-0.1, -0.05) is 35.0 Å².